The minimum atomic E-state index is -0.512. The van der Waals surface area contributed by atoms with Gasteiger partial charge in [-0.2, -0.15) is 0 Å². The Labute approximate surface area is 80.3 Å². The lowest BCUT2D eigenvalue weighted by molar-refractivity contribution is -0.0437. The summed E-state index contributed by atoms with van der Waals surface area (Å²) in [5.74, 6) is 0. The molecule has 1 aliphatic heterocycles. The standard InChI is InChI=1S/C9H21N3O/c1-9(2,3)11-8(13)12-6-4-10-5-7-12/h8,10-11,13H,4-7H2,1-3H3. The average Bonchev–Trinajstić information content (AvgIpc) is 2.03. The van der Waals surface area contributed by atoms with Crippen molar-refractivity contribution in [2.75, 3.05) is 26.2 Å². The number of nitrogens with zero attached hydrogens (tertiary/aromatic N) is 1. The van der Waals surface area contributed by atoms with Gasteiger partial charge >= 0.3 is 0 Å². The van der Waals surface area contributed by atoms with Crippen molar-refractivity contribution in [2.45, 2.75) is 32.7 Å². The molecule has 0 spiro atoms. The summed E-state index contributed by atoms with van der Waals surface area (Å²) in [6.07, 6.45) is -0.512. The summed E-state index contributed by atoms with van der Waals surface area (Å²) in [5, 5.41) is 16.2. The molecule has 4 heteroatoms. The highest BCUT2D eigenvalue weighted by molar-refractivity contribution is 4.75. The zero-order valence-electron chi connectivity index (χ0n) is 8.80. The van der Waals surface area contributed by atoms with E-state index in [1.807, 2.05) is 4.90 Å². The van der Waals surface area contributed by atoms with Gasteiger partial charge in [-0.1, -0.05) is 0 Å². The lowest BCUT2D eigenvalue weighted by Crippen LogP contribution is -2.57. The van der Waals surface area contributed by atoms with Gasteiger partial charge in [-0.25, -0.2) is 0 Å². The largest absolute Gasteiger partial charge is 0.365 e. The van der Waals surface area contributed by atoms with Crippen molar-refractivity contribution in [2.24, 2.45) is 0 Å². The van der Waals surface area contributed by atoms with Gasteiger partial charge in [-0.15, -0.1) is 0 Å². The van der Waals surface area contributed by atoms with Crippen LogP contribution in [0.1, 0.15) is 20.8 Å². The highest BCUT2D eigenvalue weighted by Gasteiger charge is 2.21. The summed E-state index contributed by atoms with van der Waals surface area (Å²) >= 11 is 0. The van der Waals surface area contributed by atoms with Crippen molar-refractivity contribution in [1.82, 2.24) is 15.5 Å². The molecule has 78 valence electrons. The smallest absolute Gasteiger partial charge is 0.163 e. The Morgan fingerprint density at radius 1 is 1.31 bits per heavy atom. The predicted octanol–water partition coefficient (Wildman–Crippen LogP) is -0.444. The van der Waals surface area contributed by atoms with Crippen LogP contribution in [0.5, 0.6) is 0 Å². The van der Waals surface area contributed by atoms with Crippen molar-refractivity contribution in [3.8, 4) is 0 Å². The Morgan fingerprint density at radius 2 is 1.85 bits per heavy atom. The fourth-order valence-corrected chi connectivity index (χ4v) is 1.41. The molecular weight excluding hydrogens is 166 g/mol. The Balaban J connectivity index is 2.33. The Morgan fingerprint density at radius 3 is 2.31 bits per heavy atom. The zero-order valence-corrected chi connectivity index (χ0v) is 8.80. The van der Waals surface area contributed by atoms with Gasteiger partial charge in [0.2, 0.25) is 0 Å². The molecule has 0 aromatic carbocycles. The summed E-state index contributed by atoms with van der Waals surface area (Å²) in [7, 11) is 0. The summed E-state index contributed by atoms with van der Waals surface area (Å²) in [4.78, 5) is 2.04. The molecule has 1 unspecified atom stereocenters. The summed E-state index contributed by atoms with van der Waals surface area (Å²) in [6, 6.07) is 0. The zero-order chi connectivity index (χ0) is 9.90. The lowest BCUT2D eigenvalue weighted by Gasteiger charge is -2.35. The molecule has 4 nitrogen and oxygen atoms in total. The number of nitrogens with one attached hydrogen (secondary N) is 2. The third kappa shape index (κ3) is 4.04. The van der Waals surface area contributed by atoms with Crippen LogP contribution >= 0.6 is 0 Å². The van der Waals surface area contributed by atoms with Gasteiger partial charge < -0.3 is 10.4 Å². The van der Waals surface area contributed by atoms with Crippen LogP contribution in [-0.4, -0.2) is 48.1 Å². The van der Waals surface area contributed by atoms with E-state index in [0.717, 1.165) is 26.2 Å². The van der Waals surface area contributed by atoms with Crippen molar-refractivity contribution >= 4 is 0 Å². The normalized spacial score (nSPS) is 23.1. The van der Waals surface area contributed by atoms with Gasteiger partial charge in [-0.05, 0) is 20.8 Å². The third-order valence-corrected chi connectivity index (χ3v) is 2.06. The van der Waals surface area contributed by atoms with Gasteiger partial charge in [0, 0.05) is 31.7 Å². The van der Waals surface area contributed by atoms with E-state index < -0.39 is 6.35 Å². The second-order valence-electron chi connectivity index (χ2n) is 4.55. The first-order valence-corrected chi connectivity index (χ1v) is 4.89. The molecule has 1 saturated heterocycles. The second-order valence-corrected chi connectivity index (χ2v) is 4.55. The van der Waals surface area contributed by atoms with Crippen molar-refractivity contribution < 1.29 is 5.11 Å². The van der Waals surface area contributed by atoms with Gasteiger partial charge in [0.05, 0.1) is 0 Å². The molecule has 1 rings (SSSR count). The monoisotopic (exact) mass is 187 g/mol. The lowest BCUT2D eigenvalue weighted by atomic mass is 10.1. The van der Waals surface area contributed by atoms with Crippen LogP contribution in [0.4, 0.5) is 0 Å². The van der Waals surface area contributed by atoms with Gasteiger partial charge in [0.15, 0.2) is 6.35 Å². The first-order chi connectivity index (χ1) is 5.99. The Kier molecular flexibility index (Phi) is 3.67. The summed E-state index contributed by atoms with van der Waals surface area (Å²) in [6.45, 7) is 9.90. The minimum absolute atomic E-state index is 0.0374. The highest BCUT2D eigenvalue weighted by Crippen LogP contribution is 2.03. The number of piperazine rings is 1. The van der Waals surface area contributed by atoms with Crippen molar-refractivity contribution in [1.29, 1.82) is 0 Å². The van der Waals surface area contributed by atoms with Crippen LogP contribution in [0, 0.1) is 0 Å². The number of hydrogen-bond acceptors (Lipinski definition) is 4. The predicted molar refractivity (Wildman–Crippen MR) is 53.3 cm³/mol. The quantitative estimate of drug-likeness (QED) is 0.513. The number of rotatable bonds is 2. The van der Waals surface area contributed by atoms with Crippen molar-refractivity contribution in [3.05, 3.63) is 0 Å². The van der Waals surface area contributed by atoms with Gasteiger partial charge in [0.1, 0.15) is 0 Å². The van der Waals surface area contributed by atoms with E-state index in [2.05, 4.69) is 31.4 Å². The van der Waals surface area contributed by atoms with Crippen LogP contribution in [0.25, 0.3) is 0 Å². The molecule has 0 radical (unpaired) electrons. The molecule has 1 atom stereocenters. The summed E-state index contributed by atoms with van der Waals surface area (Å²) in [5.41, 5.74) is -0.0374. The van der Waals surface area contributed by atoms with E-state index in [1.54, 1.807) is 0 Å². The van der Waals surface area contributed by atoms with Crippen LogP contribution in [0.15, 0.2) is 0 Å². The summed E-state index contributed by atoms with van der Waals surface area (Å²) < 4.78 is 0. The van der Waals surface area contributed by atoms with Crippen LogP contribution in [0.3, 0.4) is 0 Å². The fourth-order valence-electron chi connectivity index (χ4n) is 1.41. The average molecular weight is 187 g/mol. The molecule has 0 saturated carbocycles. The molecular formula is C9H21N3O. The first kappa shape index (κ1) is 10.9. The van der Waals surface area contributed by atoms with Gasteiger partial charge in [0.25, 0.3) is 0 Å². The topological polar surface area (TPSA) is 47.5 Å². The van der Waals surface area contributed by atoms with Crippen LogP contribution < -0.4 is 10.6 Å². The van der Waals surface area contributed by atoms with Crippen LogP contribution in [0.2, 0.25) is 0 Å². The van der Waals surface area contributed by atoms with Gasteiger partial charge in [-0.3, -0.25) is 10.2 Å². The maximum Gasteiger partial charge on any atom is 0.163 e. The third-order valence-electron chi connectivity index (χ3n) is 2.06. The molecule has 13 heavy (non-hydrogen) atoms. The van der Waals surface area contributed by atoms with E-state index in [-0.39, 0.29) is 5.54 Å². The number of aliphatic hydroxyl groups excluding tert-OH is 1. The molecule has 1 aliphatic rings. The second kappa shape index (κ2) is 4.37. The Hall–Kier alpha value is -0.160. The Bertz CT molecular complexity index is 149. The SMILES string of the molecule is CC(C)(C)NC(O)N1CCNCC1. The van der Waals surface area contributed by atoms with E-state index in [4.69, 9.17) is 0 Å². The maximum absolute atomic E-state index is 9.80. The van der Waals surface area contributed by atoms with Crippen LogP contribution in [-0.2, 0) is 0 Å². The van der Waals surface area contributed by atoms with Crippen molar-refractivity contribution in [3.63, 3.8) is 0 Å². The fraction of sp³-hybridized carbons (Fsp3) is 1.00. The molecule has 1 fully saturated rings. The molecule has 0 aliphatic carbocycles. The molecule has 3 N–H and O–H groups in total. The molecule has 0 bridgehead atoms. The molecule has 1 heterocycles. The number of aliphatic hydroxyl groups is 1. The minimum Gasteiger partial charge on any atom is -0.365 e. The van der Waals surface area contributed by atoms with E-state index in [1.165, 1.54) is 0 Å². The van der Waals surface area contributed by atoms with E-state index >= 15 is 0 Å². The first-order valence-electron chi connectivity index (χ1n) is 4.89. The maximum atomic E-state index is 9.80. The van der Waals surface area contributed by atoms with E-state index in [9.17, 15) is 5.11 Å². The van der Waals surface area contributed by atoms with E-state index in [0.29, 0.717) is 0 Å². The highest BCUT2D eigenvalue weighted by atomic mass is 16.3. The molecule has 0 aromatic heterocycles. The number of hydrogen-bond donors (Lipinski definition) is 3. The molecule has 0 amide bonds. The molecule has 0 aromatic rings.